The van der Waals surface area contributed by atoms with Crippen molar-refractivity contribution in [1.29, 1.82) is 5.26 Å². The molecule has 7 heteroatoms. The molecule has 5 nitrogen and oxygen atoms in total. The minimum atomic E-state index is -3.52. The summed E-state index contributed by atoms with van der Waals surface area (Å²) in [5.41, 5.74) is 0.452. The van der Waals surface area contributed by atoms with Crippen molar-refractivity contribution in [3.8, 4) is 6.07 Å². The van der Waals surface area contributed by atoms with E-state index in [9.17, 15) is 8.42 Å². The van der Waals surface area contributed by atoms with Gasteiger partial charge in [-0.15, -0.1) is 11.8 Å². The van der Waals surface area contributed by atoms with Crippen molar-refractivity contribution >= 4 is 21.8 Å². The highest BCUT2D eigenvalue weighted by Crippen LogP contribution is 2.35. The van der Waals surface area contributed by atoms with Crippen LogP contribution in [0.25, 0.3) is 0 Å². The van der Waals surface area contributed by atoms with Gasteiger partial charge >= 0.3 is 0 Å². The van der Waals surface area contributed by atoms with Crippen molar-refractivity contribution in [2.24, 2.45) is 0 Å². The molecule has 1 fully saturated rings. The van der Waals surface area contributed by atoms with Gasteiger partial charge in [0.1, 0.15) is 5.76 Å². The molecule has 0 amide bonds. The summed E-state index contributed by atoms with van der Waals surface area (Å²) in [4.78, 5) is 0.234. The quantitative estimate of drug-likeness (QED) is 0.852. The van der Waals surface area contributed by atoms with E-state index in [0.29, 0.717) is 25.1 Å². The van der Waals surface area contributed by atoms with Gasteiger partial charge in [0.15, 0.2) is 0 Å². The van der Waals surface area contributed by atoms with E-state index in [1.165, 1.54) is 28.6 Å². The highest BCUT2D eigenvalue weighted by molar-refractivity contribution is 7.99. The lowest BCUT2D eigenvalue weighted by Gasteiger charge is -2.19. The fourth-order valence-electron chi connectivity index (χ4n) is 2.54. The topological polar surface area (TPSA) is 74.3 Å². The Balaban J connectivity index is 1.76. The first kappa shape index (κ1) is 16.1. The molecule has 2 aromatic rings. The molecule has 0 aliphatic carbocycles. The SMILES string of the molecule is N#Cc1ccc(S(=O)(=O)N2CCS[C@H](c3ccco3)CC2)cc1. The van der Waals surface area contributed by atoms with Crippen LogP contribution < -0.4 is 0 Å². The zero-order valence-corrected chi connectivity index (χ0v) is 14.0. The van der Waals surface area contributed by atoms with Gasteiger partial charge in [0, 0.05) is 18.8 Å². The van der Waals surface area contributed by atoms with Gasteiger partial charge in [-0.2, -0.15) is 9.57 Å². The predicted octanol–water partition coefficient (Wildman–Crippen LogP) is 3.02. The molecule has 3 rings (SSSR count). The van der Waals surface area contributed by atoms with Gasteiger partial charge in [-0.05, 0) is 42.8 Å². The largest absolute Gasteiger partial charge is 0.468 e. The molecule has 23 heavy (non-hydrogen) atoms. The average molecular weight is 348 g/mol. The number of hydrogen-bond acceptors (Lipinski definition) is 5. The highest BCUT2D eigenvalue weighted by Gasteiger charge is 2.29. The number of sulfonamides is 1. The van der Waals surface area contributed by atoms with Crippen LogP contribution in [0.15, 0.2) is 52.0 Å². The van der Waals surface area contributed by atoms with Crippen LogP contribution in [-0.4, -0.2) is 31.6 Å². The average Bonchev–Trinajstić information content (AvgIpc) is 2.99. The van der Waals surface area contributed by atoms with Gasteiger partial charge in [0.2, 0.25) is 10.0 Å². The lowest BCUT2D eigenvalue weighted by Crippen LogP contribution is -2.33. The molecule has 1 aliphatic heterocycles. The van der Waals surface area contributed by atoms with Crippen LogP contribution in [0, 0.1) is 11.3 Å². The molecule has 2 heterocycles. The van der Waals surface area contributed by atoms with Crippen molar-refractivity contribution < 1.29 is 12.8 Å². The Bertz CT molecular complexity index is 793. The molecule has 0 saturated carbocycles. The molecule has 1 aliphatic rings. The Morgan fingerprint density at radius 1 is 1.22 bits per heavy atom. The van der Waals surface area contributed by atoms with E-state index in [4.69, 9.17) is 9.68 Å². The summed E-state index contributed by atoms with van der Waals surface area (Å²) in [5, 5.41) is 9.00. The van der Waals surface area contributed by atoms with Crippen LogP contribution in [0.1, 0.15) is 23.0 Å². The third kappa shape index (κ3) is 3.44. The van der Waals surface area contributed by atoms with Crippen LogP contribution >= 0.6 is 11.8 Å². The molecule has 1 aromatic heterocycles. The minimum absolute atomic E-state index is 0.186. The summed E-state index contributed by atoms with van der Waals surface area (Å²) in [6.07, 6.45) is 2.36. The number of nitriles is 1. The Labute approximate surface area is 140 Å². The van der Waals surface area contributed by atoms with E-state index in [2.05, 4.69) is 0 Å². The zero-order chi connectivity index (χ0) is 16.3. The van der Waals surface area contributed by atoms with E-state index in [1.54, 1.807) is 18.0 Å². The summed E-state index contributed by atoms with van der Waals surface area (Å²) in [5.74, 6) is 1.62. The van der Waals surface area contributed by atoms with E-state index >= 15 is 0 Å². The fourth-order valence-corrected chi connectivity index (χ4v) is 5.29. The van der Waals surface area contributed by atoms with E-state index in [0.717, 1.165) is 11.5 Å². The number of benzene rings is 1. The van der Waals surface area contributed by atoms with E-state index in [-0.39, 0.29) is 10.1 Å². The molecule has 0 spiro atoms. The lowest BCUT2D eigenvalue weighted by molar-refractivity contribution is 0.417. The Morgan fingerprint density at radius 2 is 2.00 bits per heavy atom. The van der Waals surface area contributed by atoms with Crippen LogP contribution in [0.4, 0.5) is 0 Å². The second-order valence-corrected chi connectivity index (χ2v) is 8.45. The van der Waals surface area contributed by atoms with Gasteiger partial charge in [-0.3, -0.25) is 0 Å². The predicted molar refractivity (Wildman–Crippen MR) is 88.4 cm³/mol. The van der Waals surface area contributed by atoms with Gasteiger partial charge in [0.05, 0.1) is 28.0 Å². The van der Waals surface area contributed by atoms with E-state index in [1.807, 2.05) is 18.2 Å². The maximum absolute atomic E-state index is 12.7. The molecule has 0 N–H and O–H groups in total. The van der Waals surface area contributed by atoms with E-state index < -0.39 is 10.0 Å². The molecule has 0 unspecified atom stereocenters. The Hall–Kier alpha value is -1.75. The molecule has 1 saturated heterocycles. The van der Waals surface area contributed by atoms with Crippen molar-refractivity contribution in [2.75, 3.05) is 18.8 Å². The number of hydrogen-bond donors (Lipinski definition) is 0. The number of thioether (sulfide) groups is 1. The molecule has 120 valence electrons. The highest BCUT2D eigenvalue weighted by atomic mass is 32.2. The minimum Gasteiger partial charge on any atom is -0.468 e. The van der Waals surface area contributed by atoms with Gasteiger partial charge < -0.3 is 4.42 Å². The van der Waals surface area contributed by atoms with Crippen LogP contribution in [0.2, 0.25) is 0 Å². The maximum atomic E-state index is 12.7. The number of furan rings is 1. The smallest absolute Gasteiger partial charge is 0.243 e. The van der Waals surface area contributed by atoms with Crippen molar-refractivity contribution in [3.05, 3.63) is 54.0 Å². The first-order valence-corrected chi connectivity index (χ1v) is 9.75. The van der Waals surface area contributed by atoms with Gasteiger partial charge in [0.25, 0.3) is 0 Å². The number of rotatable bonds is 3. The summed E-state index contributed by atoms with van der Waals surface area (Å²) >= 11 is 1.72. The molecule has 0 bridgehead atoms. The summed E-state index contributed by atoms with van der Waals surface area (Å²) in [7, 11) is -3.52. The summed E-state index contributed by atoms with van der Waals surface area (Å²) < 4.78 is 32.4. The third-order valence-electron chi connectivity index (χ3n) is 3.78. The molecular weight excluding hydrogens is 332 g/mol. The maximum Gasteiger partial charge on any atom is 0.243 e. The summed E-state index contributed by atoms with van der Waals surface area (Å²) in [6, 6.07) is 11.8. The van der Waals surface area contributed by atoms with Crippen LogP contribution in [0.3, 0.4) is 0 Å². The molecule has 1 atom stereocenters. The van der Waals surface area contributed by atoms with Gasteiger partial charge in [-0.25, -0.2) is 8.42 Å². The standard InChI is InChI=1S/C16H16N2O3S2/c17-12-13-3-5-14(6-4-13)23(19,20)18-8-7-16(22-11-9-18)15-2-1-10-21-15/h1-6,10,16H,7-9,11H2/t16-/m0/s1. The normalized spacial score (nSPS) is 19.9. The van der Waals surface area contributed by atoms with Crippen LogP contribution in [-0.2, 0) is 10.0 Å². The number of nitrogens with zero attached hydrogens (tertiary/aromatic N) is 2. The fraction of sp³-hybridized carbons (Fsp3) is 0.312. The molecule has 0 radical (unpaired) electrons. The van der Waals surface area contributed by atoms with Crippen molar-refractivity contribution in [2.45, 2.75) is 16.6 Å². The lowest BCUT2D eigenvalue weighted by atomic mass is 10.2. The molecule has 1 aromatic carbocycles. The van der Waals surface area contributed by atoms with Gasteiger partial charge in [-0.1, -0.05) is 0 Å². The zero-order valence-electron chi connectivity index (χ0n) is 12.4. The van der Waals surface area contributed by atoms with Crippen molar-refractivity contribution in [1.82, 2.24) is 4.31 Å². The first-order chi connectivity index (χ1) is 11.1. The second-order valence-electron chi connectivity index (χ2n) is 5.20. The third-order valence-corrected chi connectivity index (χ3v) is 6.98. The van der Waals surface area contributed by atoms with Crippen LogP contribution in [0.5, 0.6) is 0 Å². The Kier molecular flexibility index (Phi) is 4.76. The Morgan fingerprint density at radius 3 is 2.65 bits per heavy atom. The second kappa shape index (κ2) is 6.79. The van der Waals surface area contributed by atoms with Crippen molar-refractivity contribution in [3.63, 3.8) is 0 Å². The summed E-state index contributed by atoms with van der Waals surface area (Å²) in [6.45, 7) is 0.935. The first-order valence-electron chi connectivity index (χ1n) is 7.26. The molecular formula is C16H16N2O3S2. The monoisotopic (exact) mass is 348 g/mol.